The van der Waals surface area contributed by atoms with Gasteiger partial charge in [0.25, 0.3) is 0 Å². The van der Waals surface area contributed by atoms with Gasteiger partial charge in [0.1, 0.15) is 0 Å². The Morgan fingerprint density at radius 1 is 1.04 bits per heavy atom. The predicted octanol–water partition coefficient (Wildman–Crippen LogP) is 4.36. The van der Waals surface area contributed by atoms with Crippen molar-refractivity contribution in [2.24, 2.45) is 0 Å². The molecule has 2 aliphatic rings. The maximum atomic E-state index is 12.4. The fraction of sp³-hybridized carbons (Fsp3) is 0.300. The van der Waals surface area contributed by atoms with E-state index in [9.17, 15) is 4.79 Å². The summed E-state index contributed by atoms with van der Waals surface area (Å²) in [7, 11) is 0. The Morgan fingerprint density at radius 3 is 2.44 bits per heavy atom. The van der Waals surface area contributed by atoms with Crippen molar-refractivity contribution in [3.05, 3.63) is 58.1 Å². The molecule has 0 saturated heterocycles. The van der Waals surface area contributed by atoms with Crippen molar-refractivity contribution in [2.75, 3.05) is 5.32 Å². The second-order valence-corrected chi connectivity index (χ2v) is 7.41. The molecule has 0 spiro atoms. The SMILES string of the molecule is N#Cc1cccc(SNC(=O)Nc2c3c(cc4c2CCC4)CCC3)c1. The average molecular weight is 349 g/mol. The fourth-order valence-electron chi connectivity index (χ4n) is 3.84. The molecule has 0 radical (unpaired) electrons. The van der Waals surface area contributed by atoms with Gasteiger partial charge in [-0.15, -0.1) is 0 Å². The van der Waals surface area contributed by atoms with Crippen LogP contribution < -0.4 is 10.0 Å². The second-order valence-electron chi connectivity index (χ2n) is 6.53. The molecular weight excluding hydrogens is 330 g/mol. The maximum absolute atomic E-state index is 12.4. The van der Waals surface area contributed by atoms with Crippen LogP contribution in [0.4, 0.5) is 10.5 Å². The maximum Gasteiger partial charge on any atom is 0.329 e. The molecule has 0 aliphatic heterocycles. The summed E-state index contributed by atoms with van der Waals surface area (Å²) in [6, 6.07) is 11.5. The predicted molar refractivity (Wildman–Crippen MR) is 99.7 cm³/mol. The normalized spacial score (nSPS) is 14.5. The third kappa shape index (κ3) is 3.22. The zero-order valence-corrected chi connectivity index (χ0v) is 14.7. The Kier molecular flexibility index (Phi) is 4.37. The van der Waals surface area contributed by atoms with Crippen molar-refractivity contribution in [1.29, 1.82) is 5.26 Å². The van der Waals surface area contributed by atoms with E-state index in [0.29, 0.717) is 5.56 Å². The highest BCUT2D eigenvalue weighted by Gasteiger charge is 2.24. The molecule has 126 valence electrons. The Morgan fingerprint density at radius 2 is 1.76 bits per heavy atom. The van der Waals surface area contributed by atoms with Crippen LogP contribution in [0.5, 0.6) is 0 Å². The van der Waals surface area contributed by atoms with Crippen molar-refractivity contribution in [1.82, 2.24) is 4.72 Å². The molecule has 2 aliphatic carbocycles. The number of rotatable bonds is 3. The van der Waals surface area contributed by atoms with Gasteiger partial charge in [0, 0.05) is 10.6 Å². The lowest BCUT2D eigenvalue weighted by Gasteiger charge is -2.16. The molecule has 0 unspecified atom stereocenters. The number of nitrogens with one attached hydrogen (secondary N) is 2. The van der Waals surface area contributed by atoms with Gasteiger partial charge in [-0.25, -0.2) is 4.79 Å². The van der Waals surface area contributed by atoms with E-state index in [4.69, 9.17) is 5.26 Å². The quantitative estimate of drug-likeness (QED) is 0.809. The van der Waals surface area contributed by atoms with Crippen molar-refractivity contribution < 1.29 is 4.79 Å². The standard InChI is InChI=1S/C20H19N3OS/c21-12-13-4-1-7-16(10-13)25-23-20(24)22-19-17-8-2-5-14(17)11-15-6-3-9-18(15)19/h1,4,7,10-11H,2-3,5-6,8-9H2,(H2,22,23,24). The van der Waals surface area contributed by atoms with Crippen LogP contribution in [0.1, 0.15) is 40.7 Å². The molecule has 2 aromatic carbocycles. The molecule has 2 amide bonds. The van der Waals surface area contributed by atoms with Crippen LogP contribution >= 0.6 is 11.9 Å². The van der Waals surface area contributed by atoms with E-state index >= 15 is 0 Å². The number of anilines is 1. The van der Waals surface area contributed by atoms with Gasteiger partial charge in [0.2, 0.25) is 0 Å². The van der Waals surface area contributed by atoms with Gasteiger partial charge in [-0.1, -0.05) is 12.1 Å². The molecule has 0 aromatic heterocycles. The van der Waals surface area contributed by atoms with E-state index in [2.05, 4.69) is 22.2 Å². The number of carbonyl (C=O) groups excluding carboxylic acids is 1. The molecule has 0 saturated carbocycles. The minimum Gasteiger partial charge on any atom is -0.307 e. The van der Waals surface area contributed by atoms with E-state index in [-0.39, 0.29) is 6.03 Å². The summed E-state index contributed by atoms with van der Waals surface area (Å²) >= 11 is 1.23. The van der Waals surface area contributed by atoms with Crippen molar-refractivity contribution in [2.45, 2.75) is 43.4 Å². The number of urea groups is 1. The smallest absolute Gasteiger partial charge is 0.307 e. The van der Waals surface area contributed by atoms with Crippen LogP contribution in [0.15, 0.2) is 35.2 Å². The van der Waals surface area contributed by atoms with Gasteiger partial charge >= 0.3 is 6.03 Å². The number of carbonyl (C=O) groups is 1. The highest BCUT2D eigenvalue weighted by molar-refractivity contribution is 7.98. The summed E-state index contributed by atoms with van der Waals surface area (Å²) in [5.74, 6) is 0. The third-order valence-electron chi connectivity index (χ3n) is 4.94. The van der Waals surface area contributed by atoms with E-state index in [1.54, 1.807) is 12.1 Å². The molecule has 0 atom stereocenters. The highest BCUT2D eigenvalue weighted by atomic mass is 32.2. The number of amides is 2. The first-order valence-corrected chi connectivity index (χ1v) is 9.47. The largest absolute Gasteiger partial charge is 0.329 e. The number of hydrogen-bond donors (Lipinski definition) is 2. The summed E-state index contributed by atoms with van der Waals surface area (Å²) in [5, 5.41) is 12.1. The molecule has 4 rings (SSSR count). The van der Waals surface area contributed by atoms with Crippen LogP contribution in [-0.4, -0.2) is 6.03 Å². The lowest BCUT2D eigenvalue weighted by Crippen LogP contribution is -2.24. The van der Waals surface area contributed by atoms with Gasteiger partial charge in [-0.3, -0.25) is 4.72 Å². The zero-order valence-electron chi connectivity index (χ0n) is 13.9. The van der Waals surface area contributed by atoms with E-state index in [0.717, 1.165) is 36.3 Å². The molecule has 2 aromatic rings. The first-order chi connectivity index (χ1) is 12.2. The van der Waals surface area contributed by atoms with E-state index in [1.165, 1.54) is 47.0 Å². The Labute approximate surface area is 151 Å². The summed E-state index contributed by atoms with van der Waals surface area (Å²) in [4.78, 5) is 13.3. The molecular formula is C20H19N3OS. The zero-order chi connectivity index (χ0) is 17.2. The molecule has 0 bridgehead atoms. The Bertz CT molecular complexity index is 853. The number of aryl methyl sites for hydroxylation is 2. The summed E-state index contributed by atoms with van der Waals surface area (Å²) in [6.07, 6.45) is 6.68. The second kappa shape index (κ2) is 6.81. The molecule has 0 fully saturated rings. The third-order valence-corrected chi connectivity index (χ3v) is 5.71. The monoisotopic (exact) mass is 349 g/mol. The fourth-order valence-corrected chi connectivity index (χ4v) is 4.43. The number of hydrogen-bond acceptors (Lipinski definition) is 3. The van der Waals surface area contributed by atoms with Gasteiger partial charge < -0.3 is 5.32 Å². The van der Waals surface area contributed by atoms with Crippen LogP contribution in [-0.2, 0) is 25.7 Å². The number of nitrogens with zero attached hydrogens (tertiary/aromatic N) is 1. The van der Waals surface area contributed by atoms with Crippen molar-refractivity contribution in [3.8, 4) is 6.07 Å². The van der Waals surface area contributed by atoms with E-state index in [1.807, 2.05) is 12.1 Å². The summed E-state index contributed by atoms with van der Waals surface area (Å²) in [6.45, 7) is 0. The molecule has 5 heteroatoms. The van der Waals surface area contributed by atoms with Gasteiger partial charge in [0.15, 0.2) is 0 Å². The summed E-state index contributed by atoms with van der Waals surface area (Å²) < 4.78 is 2.84. The minimum atomic E-state index is -0.207. The highest BCUT2D eigenvalue weighted by Crippen LogP contribution is 2.38. The Balaban J connectivity index is 1.49. The molecule has 4 nitrogen and oxygen atoms in total. The minimum absolute atomic E-state index is 0.207. The van der Waals surface area contributed by atoms with Crippen LogP contribution in [0.2, 0.25) is 0 Å². The number of nitriles is 1. The topological polar surface area (TPSA) is 64.9 Å². The van der Waals surface area contributed by atoms with Gasteiger partial charge in [0.05, 0.1) is 11.6 Å². The van der Waals surface area contributed by atoms with Crippen LogP contribution in [0.25, 0.3) is 0 Å². The first-order valence-electron chi connectivity index (χ1n) is 8.65. The summed E-state index contributed by atoms with van der Waals surface area (Å²) in [5.41, 5.74) is 7.10. The van der Waals surface area contributed by atoms with Crippen LogP contribution in [0, 0.1) is 11.3 Å². The lowest BCUT2D eigenvalue weighted by molar-refractivity contribution is 0.257. The Hall–Kier alpha value is -2.45. The van der Waals surface area contributed by atoms with Crippen molar-refractivity contribution >= 4 is 23.7 Å². The van der Waals surface area contributed by atoms with Crippen LogP contribution in [0.3, 0.4) is 0 Å². The van der Waals surface area contributed by atoms with E-state index < -0.39 is 0 Å². The number of benzene rings is 2. The first kappa shape index (κ1) is 16.0. The average Bonchev–Trinajstić information content (AvgIpc) is 3.29. The van der Waals surface area contributed by atoms with Gasteiger partial charge in [-0.2, -0.15) is 5.26 Å². The molecule has 0 heterocycles. The lowest BCUT2D eigenvalue weighted by atomic mass is 9.99. The molecule has 2 N–H and O–H groups in total. The van der Waals surface area contributed by atoms with Crippen molar-refractivity contribution in [3.63, 3.8) is 0 Å². The molecule has 25 heavy (non-hydrogen) atoms. The van der Waals surface area contributed by atoms with Gasteiger partial charge in [-0.05, 0) is 90.9 Å². The number of fused-ring (bicyclic) bond motifs is 2.